The van der Waals surface area contributed by atoms with Crippen molar-refractivity contribution in [1.29, 1.82) is 0 Å². The first-order valence-corrected chi connectivity index (χ1v) is 16.6. The molecule has 0 aliphatic heterocycles. The van der Waals surface area contributed by atoms with Gasteiger partial charge in [0.15, 0.2) is 0 Å². The summed E-state index contributed by atoms with van der Waals surface area (Å²) in [7, 11) is 0. The van der Waals surface area contributed by atoms with Crippen molar-refractivity contribution >= 4 is 26.3 Å². The topological polar surface area (TPSA) is 0 Å². The van der Waals surface area contributed by atoms with E-state index in [1.165, 1.54) is 23.8 Å². The third-order valence-corrected chi connectivity index (χ3v) is 35.3. The van der Waals surface area contributed by atoms with Gasteiger partial charge in [-0.05, 0) is 0 Å². The quantitative estimate of drug-likeness (QED) is 0.246. The maximum absolute atomic E-state index is 2.68. The van der Waals surface area contributed by atoms with Gasteiger partial charge in [-0.25, -0.2) is 0 Å². The van der Waals surface area contributed by atoms with Crippen LogP contribution in [-0.4, -0.2) is 17.8 Å². The van der Waals surface area contributed by atoms with Crippen molar-refractivity contribution in [3.05, 3.63) is 0 Å². The summed E-state index contributed by atoms with van der Waals surface area (Å²) in [6.45, 7) is 7.08. The zero-order chi connectivity index (χ0) is 9.45. The molecule has 0 atom stereocenters. The number of halogens is 2. The van der Waals surface area contributed by atoms with Crippen molar-refractivity contribution in [1.82, 2.24) is 0 Å². The SMILES string of the molecule is CCC[I-](CCC)(CCC)[Si]I. The van der Waals surface area contributed by atoms with Crippen LogP contribution in [0.3, 0.4) is 0 Å². The van der Waals surface area contributed by atoms with Crippen LogP contribution in [0.4, 0.5) is 0 Å². The summed E-state index contributed by atoms with van der Waals surface area (Å²) in [5.41, 5.74) is 0. The minimum absolute atomic E-state index is 1.19. The van der Waals surface area contributed by atoms with Crippen molar-refractivity contribution in [3.63, 3.8) is 0 Å². The van der Waals surface area contributed by atoms with E-state index in [2.05, 4.69) is 42.6 Å². The van der Waals surface area contributed by atoms with Crippen LogP contribution in [0.2, 0.25) is 0 Å². The Morgan fingerprint density at radius 1 is 0.917 bits per heavy atom. The maximum atomic E-state index is 2.68. The van der Waals surface area contributed by atoms with Gasteiger partial charge in [-0.1, -0.05) is 0 Å². The number of hydrogen-bond acceptors (Lipinski definition) is 0. The van der Waals surface area contributed by atoms with E-state index in [0.29, 0.717) is 0 Å². The van der Waals surface area contributed by atoms with Gasteiger partial charge in [-0.2, -0.15) is 0 Å². The van der Waals surface area contributed by atoms with Crippen LogP contribution < -0.4 is 17.6 Å². The summed E-state index contributed by atoms with van der Waals surface area (Å²) in [6, 6.07) is 0. The second-order valence-corrected chi connectivity index (χ2v) is 26.8. The molecule has 0 rings (SSSR count). The molecule has 0 fully saturated rings. The number of hydrogen-bond donors (Lipinski definition) is 0. The Labute approximate surface area is 96.3 Å². The van der Waals surface area contributed by atoms with Gasteiger partial charge in [0.05, 0.1) is 0 Å². The molecule has 76 valence electrons. The Kier molecular flexibility index (Phi) is 9.15. The minimum atomic E-state index is -1.19. The predicted molar refractivity (Wildman–Crippen MR) is 65.2 cm³/mol. The van der Waals surface area contributed by atoms with Crippen LogP contribution >= 0.6 is 21.8 Å². The van der Waals surface area contributed by atoms with Gasteiger partial charge in [0.1, 0.15) is 0 Å². The van der Waals surface area contributed by atoms with Crippen LogP contribution in [0.25, 0.3) is 0 Å². The summed E-state index contributed by atoms with van der Waals surface area (Å²) >= 11 is 1.49. The molecule has 0 aromatic heterocycles. The zero-order valence-electron chi connectivity index (χ0n) is 8.50. The summed E-state index contributed by atoms with van der Waals surface area (Å²) in [4.78, 5) is 0. The van der Waals surface area contributed by atoms with Gasteiger partial charge in [0.2, 0.25) is 0 Å². The van der Waals surface area contributed by atoms with Crippen molar-refractivity contribution in [2.24, 2.45) is 0 Å². The average molecular weight is 411 g/mol. The molecule has 0 unspecified atom stereocenters. The van der Waals surface area contributed by atoms with E-state index < -0.39 is 17.6 Å². The van der Waals surface area contributed by atoms with Crippen LogP contribution in [0.15, 0.2) is 0 Å². The van der Waals surface area contributed by atoms with Crippen molar-refractivity contribution in [2.45, 2.75) is 40.0 Å². The fraction of sp³-hybridized carbons (Fsp3) is 1.00. The molecule has 0 aromatic rings. The molecule has 0 saturated carbocycles. The molecule has 0 saturated heterocycles. The fourth-order valence-electron chi connectivity index (χ4n) is 1.48. The summed E-state index contributed by atoms with van der Waals surface area (Å²) in [5.74, 6) is 0. The molecule has 0 nitrogen and oxygen atoms in total. The van der Waals surface area contributed by atoms with Crippen molar-refractivity contribution in [3.8, 4) is 0 Å². The second-order valence-electron chi connectivity index (χ2n) is 3.11. The predicted octanol–water partition coefficient (Wildman–Crippen LogP) is 0.346. The standard InChI is InChI=1S/C9H21I2Si/c1-4-7-11(12-10,8-5-2)9-6-3/h4-9H2,1-3H3/q-1. The molecule has 0 spiro atoms. The molecule has 0 bridgehead atoms. The summed E-state index contributed by atoms with van der Waals surface area (Å²) in [6.07, 6.45) is 4.31. The molecule has 0 heterocycles. The van der Waals surface area contributed by atoms with E-state index in [1.54, 1.807) is 13.3 Å². The molecule has 0 amide bonds. The van der Waals surface area contributed by atoms with Crippen molar-refractivity contribution < 1.29 is 17.6 Å². The molecule has 0 aliphatic rings. The van der Waals surface area contributed by atoms with Gasteiger partial charge in [-0.15, -0.1) is 0 Å². The second kappa shape index (κ2) is 8.02. The van der Waals surface area contributed by atoms with Crippen molar-refractivity contribution in [2.75, 3.05) is 13.3 Å². The molecule has 0 N–H and O–H groups in total. The van der Waals surface area contributed by atoms with Gasteiger partial charge in [-0.3, -0.25) is 0 Å². The average Bonchev–Trinajstić information content (AvgIpc) is 2.06. The first-order valence-electron chi connectivity index (χ1n) is 4.80. The Hall–Kier alpha value is 1.68. The molecule has 3 heteroatoms. The Morgan fingerprint density at radius 3 is 1.42 bits per heavy atom. The third-order valence-electron chi connectivity index (χ3n) is 1.80. The Morgan fingerprint density at radius 2 is 1.25 bits per heavy atom. The number of alkyl halides is 3. The molecule has 0 aromatic carbocycles. The van der Waals surface area contributed by atoms with E-state index in [9.17, 15) is 0 Å². The van der Waals surface area contributed by atoms with Gasteiger partial charge < -0.3 is 0 Å². The molecular weight excluding hydrogens is 390 g/mol. The van der Waals surface area contributed by atoms with Crippen LogP contribution in [-0.2, 0) is 0 Å². The van der Waals surface area contributed by atoms with Crippen LogP contribution in [0.1, 0.15) is 40.0 Å². The van der Waals surface area contributed by atoms with E-state index in [-0.39, 0.29) is 0 Å². The van der Waals surface area contributed by atoms with Crippen LogP contribution in [0.5, 0.6) is 0 Å². The van der Waals surface area contributed by atoms with Gasteiger partial charge >= 0.3 is 97.3 Å². The normalized spacial score (nSPS) is 13.3. The van der Waals surface area contributed by atoms with Gasteiger partial charge in [0.25, 0.3) is 0 Å². The Balaban J connectivity index is 4.06. The van der Waals surface area contributed by atoms with E-state index >= 15 is 0 Å². The fourth-order valence-corrected chi connectivity index (χ4v) is 27.4. The third kappa shape index (κ3) is 4.79. The molecule has 0 aliphatic carbocycles. The van der Waals surface area contributed by atoms with E-state index in [0.717, 1.165) is 0 Å². The first-order chi connectivity index (χ1) is 5.74. The molecule has 2 radical (unpaired) electrons. The molecule has 12 heavy (non-hydrogen) atoms. The number of rotatable bonds is 7. The monoisotopic (exact) mass is 411 g/mol. The Bertz CT molecular complexity index is 89.7. The molecular formula is C9H21I2Si-. The van der Waals surface area contributed by atoms with Gasteiger partial charge in [0, 0.05) is 0 Å². The van der Waals surface area contributed by atoms with Crippen LogP contribution in [0, 0.1) is 0 Å². The first kappa shape index (κ1) is 13.7. The van der Waals surface area contributed by atoms with E-state index in [4.69, 9.17) is 0 Å². The van der Waals surface area contributed by atoms with E-state index in [1.807, 2.05) is 0 Å². The summed E-state index contributed by atoms with van der Waals surface area (Å²) in [5, 5.41) is 0. The summed E-state index contributed by atoms with van der Waals surface area (Å²) < 4.78 is 6.15. The zero-order valence-corrected chi connectivity index (χ0v) is 13.8.